The molecule has 5 heteroatoms. The van der Waals surface area contributed by atoms with Gasteiger partial charge in [0.05, 0.1) is 6.42 Å². The Bertz CT molecular complexity index is 592. The number of hydrogen-bond donors (Lipinski definition) is 0. The molecular formula is C20H31O4P. The Balaban J connectivity index is 0.00000277. The lowest BCUT2D eigenvalue weighted by Gasteiger charge is -2.24. The first kappa shape index (κ1) is 23.5. The molecule has 0 heterocycles. The highest BCUT2D eigenvalue weighted by Gasteiger charge is 2.30. The fourth-order valence-corrected chi connectivity index (χ4v) is 2.82. The monoisotopic (exact) mass is 366 g/mol. The van der Waals surface area contributed by atoms with Crippen LogP contribution in [0.3, 0.4) is 0 Å². The lowest BCUT2D eigenvalue weighted by molar-refractivity contribution is -0.150. The van der Waals surface area contributed by atoms with E-state index in [1.807, 2.05) is 67.5 Å². The second-order valence-electron chi connectivity index (χ2n) is 8.03. The number of esters is 1. The summed E-state index contributed by atoms with van der Waals surface area (Å²) >= 11 is 0. The quantitative estimate of drug-likeness (QED) is 0.404. The van der Waals surface area contributed by atoms with Crippen molar-refractivity contribution < 1.29 is 18.9 Å². The topological polar surface area (TPSA) is 60.4 Å². The Morgan fingerprint density at radius 1 is 1.04 bits per heavy atom. The first-order valence-electron chi connectivity index (χ1n) is 8.44. The zero-order chi connectivity index (χ0) is 19.9. The van der Waals surface area contributed by atoms with Crippen LogP contribution in [0, 0.1) is 32.1 Å². The molecule has 0 saturated carbocycles. The maximum atomic E-state index is 13.0. The fourth-order valence-electron chi connectivity index (χ4n) is 2.82. The summed E-state index contributed by atoms with van der Waals surface area (Å²) in [7, 11) is 1.72. The van der Waals surface area contributed by atoms with Crippen molar-refractivity contribution in [3.05, 3.63) is 34.4 Å². The first-order valence-corrected chi connectivity index (χ1v) is 8.85. The van der Waals surface area contributed by atoms with Crippen LogP contribution in [0.25, 0.3) is 0 Å². The van der Waals surface area contributed by atoms with Crippen molar-refractivity contribution in [2.75, 3.05) is 0 Å². The zero-order valence-electron chi connectivity index (χ0n) is 16.6. The average molecular weight is 366 g/mol. The second kappa shape index (κ2) is 9.82. The van der Waals surface area contributed by atoms with Crippen molar-refractivity contribution in [2.45, 2.75) is 67.9 Å². The molecule has 0 spiro atoms. The molecule has 0 radical (unpaired) electrons. The van der Waals surface area contributed by atoms with Crippen molar-refractivity contribution in [2.24, 2.45) is 11.3 Å². The molecule has 0 saturated heterocycles. The van der Waals surface area contributed by atoms with E-state index in [-0.39, 0.29) is 23.1 Å². The van der Waals surface area contributed by atoms with Gasteiger partial charge in [0.15, 0.2) is 6.10 Å². The molecule has 1 rings (SSSR count). The third-order valence-electron chi connectivity index (χ3n) is 3.72. The zero-order valence-corrected chi connectivity index (χ0v) is 17.6. The molecular weight excluding hydrogens is 335 g/mol. The molecule has 140 valence electrons. The molecule has 0 aromatic heterocycles. The van der Waals surface area contributed by atoms with Gasteiger partial charge in [0, 0.05) is 5.56 Å². The van der Waals surface area contributed by atoms with E-state index in [1.165, 1.54) is 0 Å². The largest absolute Gasteiger partial charge is 0.454 e. The highest BCUT2D eigenvalue weighted by atomic mass is 31.0. The minimum absolute atomic E-state index is 0.0634. The second-order valence-corrected chi connectivity index (χ2v) is 8.03. The van der Waals surface area contributed by atoms with E-state index in [9.17, 15) is 9.59 Å². The SMILES string of the molecule is Cc1cc(C)c(C(=O)C(OC(=O)CC(C)(C)C)C(C)C)c(C)c1.O=P. The number of carbonyl (C=O) groups is 2. The number of rotatable bonds is 5. The summed E-state index contributed by atoms with van der Waals surface area (Å²) in [5.41, 5.74) is 3.52. The third-order valence-corrected chi connectivity index (χ3v) is 3.72. The molecule has 25 heavy (non-hydrogen) atoms. The highest BCUT2D eigenvalue weighted by Crippen LogP contribution is 2.24. The Morgan fingerprint density at radius 2 is 1.48 bits per heavy atom. The number of ether oxygens (including phenoxy) is 1. The summed E-state index contributed by atoms with van der Waals surface area (Å²) in [4.78, 5) is 25.1. The van der Waals surface area contributed by atoms with E-state index < -0.39 is 6.10 Å². The van der Waals surface area contributed by atoms with Gasteiger partial charge in [-0.2, -0.15) is 0 Å². The van der Waals surface area contributed by atoms with Crippen LogP contribution in [-0.2, 0) is 14.1 Å². The number of ketones is 1. The number of hydrogen-bond acceptors (Lipinski definition) is 4. The molecule has 0 N–H and O–H groups in total. The Labute approximate surface area is 154 Å². The van der Waals surface area contributed by atoms with Crippen LogP contribution in [0.2, 0.25) is 0 Å². The maximum absolute atomic E-state index is 13.0. The van der Waals surface area contributed by atoms with Crippen molar-refractivity contribution in [3.8, 4) is 0 Å². The Hall–Kier alpha value is -1.54. The molecule has 1 aromatic carbocycles. The molecule has 0 aliphatic rings. The van der Waals surface area contributed by atoms with Gasteiger partial charge in [0.2, 0.25) is 5.78 Å². The smallest absolute Gasteiger partial charge is 0.307 e. The van der Waals surface area contributed by atoms with Gasteiger partial charge in [-0.3, -0.25) is 14.2 Å². The van der Waals surface area contributed by atoms with Gasteiger partial charge >= 0.3 is 5.97 Å². The van der Waals surface area contributed by atoms with Gasteiger partial charge in [0.25, 0.3) is 0 Å². The number of carbonyl (C=O) groups excluding carboxylic acids is 2. The molecule has 1 atom stereocenters. The summed E-state index contributed by atoms with van der Waals surface area (Å²) in [5, 5.41) is 0. The van der Waals surface area contributed by atoms with Crippen LogP contribution in [0.5, 0.6) is 0 Å². The van der Waals surface area contributed by atoms with Gasteiger partial charge < -0.3 is 4.74 Å². The van der Waals surface area contributed by atoms with Crippen LogP contribution < -0.4 is 0 Å². The fraction of sp³-hybridized carbons (Fsp3) is 0.600. The number of Topliss-reactive ketones (excluding diaryl/α,β-unsaturated/α-hetero) is 1. The van der Waals surface area contributed by atoms with E-state index in [2.05, 4.69) is 0 Å². The highest BCUT2D eigenvalue weighted by molar-refractivity contribution is 7.00. The van der Waals surface area contributed by atoms with Crippen molar-refractivity contribution >= 4 is 20.9 Å². The van der Waals surface area contributed by atoms with E-state index in [0.717, 1.165) is 16.7 Å². The normalized spacial score (nSPS) is 12.2. The number of aryl methyl sites for hydroxylation is 3. The van der Waals surface area contributed by atoms with Gasteiger partial charge in [-0.05, 0) is 43.2 Å². The van der Waals surface area contributed by atoms with Crippen LogP contribution >= 0.6 is 9.12 Å². The van der Waals surface area contributed by atoms with E-state index in [1.54, 1.807) is 9.12 Å². The first-order chi connectivity index (χ1) is 11.4. The van der Waals surface area contributed by atoms with Crippen molar-refractivity contribution in [1.82, 2.24) is 0 Å². The standard InChI is InChI=1S/C20H30O3.HOP/c1-12(2)19(23-16(21)11-20(6,7)8)18(22)17-14(4)9-13(3)10-15(17)5;1-2/h9-10,12,19H,11H2,1-8H3;2H. The minimum atomic E-state index is -0.732. The van der Waals surface area contributed by atoms with Crippen LogP contribution in [0.15, 0.2) is 12.1 Å². The predicted molar refractivity (Wildman–Crippen MR) is 103 cm³/mol. The van der Waals surface area contributed by atoms with Gasteiger partial charge in [-0.25, -0.2) is 0 Å². The lowest BCUT2D eigenvalue weighted by atomic mass is 9.90. The van der Waals surface area contributed by atoms with Crippen LogP contribution in [0.1, 0.15) is 68.1 Å². The maximum Gasteiger partial charge on any atom is 0.307 e. The molecule has 1 unspecified atom stereocenters. The van der Waals surface area contributed by atoms with Gasteiger partial charge in [-0.1, -0.05) is 52.3 Å². The minimum Gasteiger partial charge on any atom is -0.454 e. The number of benzene rings is 1. The van der Waals surface area contributed by atoms with Crippen LogP contribution in [-0.4, -0.2) is 17.9 Å². The lowest BCUT2D eigenvalue weighted by Crippen LogP contribution is -2.34. The summed E-state index contributed by atoms with van der Waals surface area (Å²) in [6.07, 6.45) is -0.431. The summed E-state index contributed by atoms with van der Waals surface area (Å²) in [6, 6.07) is 3.99. The van der Waals surface area contributed by atoms with E-state index in [4.69, 9.17) is 9.30 Å². The molecule has 0 aliphatic heterocycles. The van der Waals surface area contributed by atoms with Gasteiger partial charge in [0.1, 0.15) is 9.12 Å². The predicted octanol–water partition coefficient (Wildman–Crippen LogP) is 5.27. The van der Waals surface area contributed by atoms with Gasteiger partial charge in [-0.15, -0.1) is 0 Å². The van der Waals surface area contributed by atoms with Crippen LogP contribution in [0.4, 0.5) is 0 Å². The van der Waals surface area contributed by atoms with Crippen molar-refractivity contribution in [1.29, 1.82) is 0 Å². The molecule has 4 nitrogen and oxygen atoms in total. The summed E-state index contributed by atoms with van der Waals surface area (Å²) in [6.45, 7) is 15.6. The third kappa shape index (κ3) is 7.48. The Kier molecular flexibility index (Phi) is 9.21. The average Bonchev–Trinajstić information content (AvgIpc) is 2.43. The van der Waals surface area contributed by atoms with E-state index in [0.29, 0.717) is 12.0 Å². The summed E-state index contributed by atoms with van der Waals surface area (Å²) in [5.74, 6) is -0.476. The molecule has 0 aliphatic carbocycles. The molecule has 1 aromatic rings. The molecule has 0 bridgehead atoms. The Morgan fingerprint density at radius 3 is 1.84 bits per heavy atom. The van der Waals surface area contributed by atoms with E-state index >= 15 is 0 Å². The van der Waals surface area contributed by atoms with Crippen molar-refractivity contribution in [3.63, 3.8) is 0 Å². The summed E-state index contributed by atoms with van der Waals surface area (Å²) < 4.78 is 13.6. The molecule has 0 amide bonds. The molecule has 0 fully saturated rings.